The molecular formula is C13H7BrFN3O. The summed E-state index contributed by atoms with van der Waals surface area (Å²) >= 11 is 3.20. The first-order chi connectivity index (χ1) is 9.10. The van der Waals surface area contributed by atoms with Crippen molar-refractivity contribution in [3.05, 3.63) is 58.1 Å². The van der Waals surface area contributed by atoms with E-state index in [1.807, 2.05) is 6.07 Å². The van der Waals surface area contributed by atoms with E-state index in [0.717, 1.165) is 10.5 Å². The molecule has 0 aliphatic rings. The molecule has 19 heavy (non-hydrogen) atoms. The molecule has 0 aliphatic heterocycles. The van der Waals surface area contributed by atoms with Crippen molar-refractivity contribution >= 4 is 27.5 Å². The van der Waals surface area contributed by atoms with E-state index in [-0.39, 0.29) is 16.9 Å². The van der Waals surface area contributed by atoms with Gasteiger partial charge in [0.25, 0.3) is 5.91 Å². The number of pyridine rings is 1. The van der Waals surface area contributed by atoms with Gasteiger partial charge < -0.3 is 5.32 Å². The van der Waals surface area contributed by atoms with E-state index in [1.165, 1.54) is 24.4 Å². The average Bonchev–Trinajstić information content (AvgIpc) is 2.41. The van der Waals surface area contributed by atoms with E-state index in [4.69, 9.17) is 5.26 Å². The van der Waals surface area contributed by atoms with E-state index in [0.29, 0.717) is 0 Å². The fourth-order valence-corrected chi connectivity index (χ4v) is 1.62. The summed E-state index contributed by atoms with van der Waals surface area (Å²) in [5.41, 5.74) is 0.373. The van der Waals surface area contributed by atoms with Crippen molar-refractivity contribution in [1.29, 1.82) is 5.26 Å². The first-order valence-electron chi connectivity index (χ1n) is 5.22. The van der Waals surface area contributed by atoms with Gasteiger partial charge in [0, 0.05) is 10.7 Å². The summed E-state index contributed by atoms with van der Waals surface area (Å²) in [7, 11) is 0. The van der Waals surface area contributed by atoms with Gasteiger partial charge in [0.2, 0.25) is 0 Å². The van der Waals surface area contributed by atoms with Gasteiger partial charge >= 0.3 is 0 Å². The predicted octanol–water partition coefficient (Wildman–Crippen LogP) is 3.11. The number of rotatable bonds is 2. The number of nitrogens with one attached hydrogen (secondary N) is 1. The zero-order valence-corrected chi connectivity index (χ0v) is 11.1. The molecule has 1 N–H and O–H groups in total. The summed E-state index contributed by atoms with van der Waals surface area (Å²) in [5, 5.41) is 11.0. The van der Waals surface area contributed by atoms with Crippen LogP contribution in [0, 0.1) is 17.1 Å². The van der Waals surface area contributed by atoms with Crippen molar-refractivity contribution in [2.75, 3.05) is 5.32 Å². The summed E-state index contributed by atoms with van der Waals surface area (Å²) in [6.07, 6.45) is 1.48. The third kappa shape index (κ3) is 3.14. The van der Waals surface area contributed by atoms with Crippen LogP contribution in [-0.2, 0) is 0 Å². The van der Waals surface area contributed by atoms with Crippen LogP contribution in [0.2, 0.25) is 0 Å². The highest BCUT2D eigenvalue weighted by atomic mass is 79.9. The molecule has 2 aromatic rings. The molecule has 1 amide bonds. The van der Waals surface area contributed by atoms with Gasteiger partial charge in [-0.3, -0.25) is 4.79 Å². The molecule has 1 heterocycles. The van der Waals surface area contributed by atoms with E-state index < -0.39 is 11.7 Å². The topological polar surface area (TPSA) is 65.8 Å². The van der Waals surface area contributed by atoms with Crippen LogP contribution < -0.4 is 5.32 Å². The molecule has 2 rings (SSSR count). The monoisotopic (exact) mass is 319 g/mol. The maximum Gasteiger partial charge on any atom is 0.274 e. The fraction of sp³-hybridized carbons (Fsp3) is 0. The minimum atomic E-state index is -0.662. The van der Waals surface area contributed by atoms with E-state index in [2.05, 4.69) is 26.2 Å². The first-order valence-corrected chi connectivity index (χ1v) is 6.02. The molecule has 0 radical (unpaired) electrons. The molecule has 0 bridgehead atoms. The zero-order chi connectivity index (χ0) is 13.8. The van der Waals surface area contributed by atoms with Crippen molar-refractivity contribution in [3.8, 4) is 6.07 Å². The molecule has 0 unspecified atom stereocenters. The van der Waals surface area contributed by atoms with Gasteiger partial charge in [0.05, 0.1) is 17.3 Å². The number of hydrogen-bond acceptors (Lipinski definition) is 3. The Labute approximate surface area is 117 Å². The number of nitriles is 1. The lowest BCUT2D eigenvalue weighted by molar-refractivity contribution is 0.102. The Morgan fingerprint density at radius 2 is 2.16 bits per heavy atom. The summed E-state index contributed by atoms with van der Waals surface area (Å²) in [6.45, 7) is 0. The maximum absolute atomic E-state index is 13.6. The molecule has 0 spiro atoms. The number of carbonyl (C=O) groups excluding carboxylic acids is 1. The molecule has 0 atom stereocenters. The van der Waals surface area contributed by atoms with Crippen LogP contribution in [0.15, 0.2) is 41.0 Å². The Morgan fingerprint density at radius 3 is 2.74 bits per heavy atom. The maximum atomic E-state index is 13.6. The Morgan fingerprint density at radius 1 is 1.37 bits per heavy atom. The normalized spacial score (nSPS) is 9.74. The highest BCUT2D eigenvalue weighted by Gasteiger charge is 2.10. The zero-order valence-electron chi connectivity index (χ0n) is 9.52. The second-order valence-electron chi connectivity index (χ2n) is 3.62. The second kappa shape index (κ2) is 5.59. The lowest BCUT2D eigenvalue weighted by Crippen LogP contribution is -2.14. The highest BCUT2D eigenvalue weighted by Crippen LogP contribution is 2.16. The Hall–Kier alpha value is -2.26. The van der Waals surface area contributed by atoms with Gasteiger partial charge in [-0.1, -0.05) is 0 Å². The van der Waals surface area contributed by atoms with E-state index in [1.54, 1.807) is 6.07 Å². The fourth-order valence-electron chi connectivity index (χ4n) is 1.38. The average molecular weight is 320 g/mol. The van der Waals surface area contributed by atoms with E-state index in [9.17, 15) is 9.18 Å². The highest BCUT2D eigenvalue weighted by molar-refractivity contribution is 9.10. The Balaban J connectivity index is 2.20. The summed E-state index contributed by atoms with van der Waals surface area (Å²) in [4.78, 5) is 15.7. The van der Waals surface area contributed by atoms with Gasteiger partial charge in [0.1, 0.15) is 11.5 Å². The first kappa shape index (κ1) is 13.2. The molecular weight excluding hydrogens is 313 g/mol. The number of carbonyl (C=O) groups is 1. The molecule has 0 fully saturated rings. The van der Waals surface area contributed by atoms with Crippen molar-refractivity contribution in [2.24, 2.45) is 0 Å². The third-order valence-corrected chi connectivity index (χ3v) is 2.78. The van der Waals surface area contributed by atoms with Crippen molar-refractivity contribution in [2.45, 2.75) is 0 Å². The molecule has 1 aromatic carbocycles. The minimum absolute atomic E-state index is 0.00807. The number of amides is 1. The van der Waals surface area contributed by atoms with Crippen LogP contribution >= 0.6 is 15.9 Å². The van der Waals surface area contributed by atoms with Gasteiger partial charge in [-0.25, -0.2) is 9.37 Å². The molecule has 1 aromatic heterocycles. The Bertz CT molecular complexity index is 665. The predicted molar refractivity (Wildman–Crippen MR) is 71.0 cm³/mol. The van der Waals surface area contributed by atoms with Crippen molar-refractivity contribution in [1.82, 2.24) is 4.98 Å². The molecule has 0 saturated heterocycles. The number of halogens is 2. The molecule has 0 saturated carbocycles. The number of aromatic nitrogens is 1. The quantitative estimate of drug-likeness (QED) is 0.924. The van der Waals surface area contributed by atoms with Gasteiger partial charge in [-0.2, -0.15) is 5.26 Å². The van der Waals surface area contributed by atoms with Gasteiger partial charge in [0.15, 0.2) is 0 Å². The number of hydrogen-bond donors (Lipinski definition) is 1. The smallest absolute Gasteiger partial charge is 0.274 e. The number of benzene rings is 1. The molecule has 6 heteroatoms. The van der Waals surface area contributed by atoms with Crippen molar-refractivity contribution < 1.29 is 9.18 Å². The minimum Gasteiger partial charge on any atom is -0.318 e. The van der Waals surface area contributed by atoms with Crippen LogP contribution in [0.25, 0.3) is 0 Å². The number of nitrogens with zero attached hydrogens (tertiary/aromatic N) is 2. The van der Waals surface area contributed by atoms with Crippen molar-refractivity contribution in [3.63, 3.8) is 0 Å². The Kier molecular flexibility index (Phi) is 3.88. The lowest BCUT2D eigenvalue weighted by atomic mass is 10.2. The number of anilines is 1. The van der Waals surface area contributed by atoms with Crippen LogP contribution in [0.3, 0.4) is 0 Å². The van der Waals surface area contributed by atoms with Gasteiger partial charge in [-0.15, -0.1) is 0 Å². The summed E-state index contributed by atoms with van der Waals surface area (Å²) in [6, 6.07) is 8.82. The largest absolute Gasteiger partial charge is 0.318 e. The SMILES string of the molecule is N#Cc1ccc(NC(=O)c2ccc(Br)cn2)c(F)c1. The summed E-state index contributed by atoms with van der Waals surface area (Å²) < 4.78 is 14.3. The van der Waals surface area contributed by atoms with Crippen LogP contribution in [0.1, 0.15) is 16.1 Å². The second-order valence-corrected chi connectivity index (χ2v) is 4.54. The van der Waals surface area contributed by atoms with E-state index >= 15 is 0 Å². The third-order valence-electron chi connectivity index (χ3n) is 2.31. The lowest BCUT2D eigenvalue weighted by Gasteiger charge is -2.06. The van der Waals surface area contributed by atoms with Crippen LogP contribution in [0.4, 0.5) is 10.1 Å². The molecule has 0 aliphatic carbocycles. The van der Waals surface area contributed by atoms with Gasteiger partial charge in [-0.05, 0) is 46.3 Å². The van der Waals surface area contributed by atoms with Crippen LogP contribution in [0.5, 0.6) is 0 Å². The standard InChI is InChI=1S/C13H7BrFN3O/c14-9-2-4-12(17-7-9)13(19)18-11-3-1-8(6-16)5-10(11)15/h1-5,7H,(H,18,19). The van der Waals surface area contributed by atoms with Crippen LogP contribution in [-0.4, -0.2) is 10.9 Å². The molecule has 94 valence electrons. The molecule has 4 nitrogen and oxygen atoms in total. The summed E-state index contributed by atoms with van der Waals surface area (Å²) in [5.74, 6) is -1.18.